The number of hydrogen-bond donors (Lipinski definition) is 2. The Labute approximate surface area is 106 Å². The van der Waals surface area contributed by atoms with Crippen molar-refractivity contribution >= 4 is 5.69 Å². The second-order valence-electron chi connectivity index (χ2n) is 4.48. The van der Waals surface area contributed by atoms with E-state index in [2.05, 4.69) is 29.1 Å². The summed E-state index contributed by atoms with van der Waals surface area (Å²) in [5.41, 5.74) is 3.54. The molecule has 0 unspecified atom stereocenters. The van der Waals surface area contributed by atoms with E-state index in [0.29, 0.717) is 5.69 Å². The average Bonchev–Trinajstić information content (AvgIpc) is 2.39. The highest BCUT2D eigenvalue weighted by Crippen LogP contribution is 2.27. The molecule has 0 aliphatic carbocycles. The highest BCUT2D eigenvalue weighted by molar-refractivity contribution is 5.69. The Morgan fingerprint density at radius 2 is 1.94 bits per heavy atom. The lowest BCUT2D eigenvalue weighted by Crippen LogP contribution is -2.15. The monoisotopic (exact) mass is 243 g/mol. The second kappa shape index (κ2) is 5.04. The van der Waals surface area contributed by atoms with Gasteiger partial charge in [-0.1, -0.05) is 13.8 Å². The van der Waals surface area contributed by atoms with Gasteiger partial charge in [0.2, 0.25) is 0 Å². The molecule has 0 amide bonds. The van der Waals surface area contributed by atoms with Crippen LogP contribution in [0, 0.1) is 0 Å². The fraction of sp³-hybridized carbons (Fsp3) is 0.286. The van der Waals surface area contributed by atoms with Crippen molar-refractivity contribution in [1.29, 1.82) is 0 Å². The third kappa shape index (κ3) is 2.27. The van der Waals surface area contributed by atoms with E-state index in [0.717, 1.165) is 16.8 Å². The molecule has 0 atom stereocenters. The molecule has 0 saturated carbocycles. The number of hydrogen-bond acceptors (Lipinski definition) is 3. The van der Waals surface area contributed by atoms with E-state index < -0.39 is 0 Å². The minimum atomic E-state index is -0.0843. The third-order valence-electron chi connectivity index (χ3n) is 2.91. The Balaban J connectivity index is 2.68. The molecule has 4 nitrogen and oxygen atoms in total. The fourth-order valence-electron chi connectivity index (χ4n) is 1.96. The second-order valence-corrected chi connectivity index (χ2v) is 4.48. The molecule has 0 saturated heterocycles. The molecule has 0 fully saturated rings. The van der Waals surface area contributed by atoms with Gasteiger partial charge in [-0.15, -0.1) is 0 Å². The predicted molar refractivity (Wildman–Crippen MR) is 73.9 cm³/mol. The van der Waals surface area contributed by atoms with Crippen LogP contribution in [0.2, 0.25) is 0 Å². The van der Waals surface area contributed by atoms with Crippen molar-refractivity contribution in [3.8, 4) is 11.1 Å². The summed E-state index contributed by atoms with van der Waals surface area (Å²) in [5, 5.41) is 2.91. The molecule has 0 aromatic carbocycles. The average molecular weight is 243 g/mol. The summed E-state index contributed by atoms with van der Waals surface area (Å²) in [5.74, 6) is 0.256. The van der Waals surface area contributed by atoms with Gasteiger partial charge in [-0.05, 0) is 29.7 Å². The van der Waals surface area contributed by atoms with Gasteiger partial charge in [0, 0.05) is 30.7 Å². The van der Waals surface area contributed by atoms with Gasteiger partial charge >= 0.3 is 0 Å². The first-order valence-electron chi connectivity index (χ1n) is 5.99. The molecule has 4 heteroatoms. The largest absolute Gasteiger partial charge is 0.384 e. The number of aromatic amines is 1. The topological polar surface area (TPSA) is 57.8 Å². The number of rotatable bonds is 3. The zero-order chi connectivity index (χ0) is 13.1. The van der Waals surface area contributed by atoms with Gasteiger partial charge in [-0.3, -0.25) is 9.78 Å². The molecular formula is C14H17N3O. The van der Waals surface area contributed by atoms with Crippen LogP contribution in [0.1, 0.15) is 25.5 Å². The summed E-state index contributed by atoms with van der Waals surface area (Å²) in [4.78, 5) is 18.8. The van der Waals surface area contributed by atoms with Gasteiger partial charge < -0.3 is 10.3 Å². The SMILES string of the molecule is CNc1cc(-c2ccncc2)c(C(C)C)[nH]c1=O. The van der Waals surface area contributed by atoms with E-state index in [-0.39, 0.29) is 11.5 Å². The number of anilines is 1. The molecule has 2 aromatic heterocycles. The van der Waals surface area contributed by atoms with Crippen molar-refractivity contribution in [2.75, 3.05) is 12.4 Å². The molecular weight excluding hydrogens is 226 g/mol. The normalized spacial score (nSPS) is 10.7. The minimum absolute atomic E-state index is 0.0843. The van der Waals surface area contributed by atoms with Gasteiger partial charge in [0.25, 0.3) is 5.56 Å². The van der Waals surface area contributed by atoms with Gasteiger partial charge in [0.15, 0.2) is 0 Å². The van der Waals surface area contributed by atoms with Gasteiger partial charge in [-0.2, -0.15) is 0 Å². The van der Waals surface area contributed by atoms with Crippen LogP contribution in [0.25, 0.3) is 11.1 Å². The highest BCUT2D eigenvalue weighted by atomic mass is 16.1. The summed E-state index contributed by atoms with van der Waals surface area (Å²) in [7, 11) is 1.75. The zero-order valence-electron chi connectivity index (χ0n) is 10.8. The summed E-state index contributed by atoms with van der Waals surface area (Å²) in [6, 6.07) is 5.78. The lowest BCUT2D eigenvalue weighted by atomic mass is 9.98. The fourth-order valence-corrected chi connectivity index (χ4v) is 1.96. The molecule has 0 radical (unpaired) electrons. The lowest BCUT2D eigenvalue weighted by Gasteiger charge is -2.14. The minimum Gasteiger partial charge on any atom is -0.384 e. The number of pyridine rings is 2. The number of aromatic nitrogens is 2. The van der Waals surface area contributed by atoms with Crippen LogP contribution < -0.4 is 10.9 Å². The molecule has 0 aliphatic rings. The Bertz CT molecular complexity index is 588. The number of nitrogens with one attached hydrogen (secondary N) is 2. The van der Waals surface area contributed by atoms with Gasteiger partial charge in [-0.25, -0.2) is 0 Å². The van der Waals surface area contributed by atoms with Crippen LogP contribution in [0.4, 0.5) is 5.69 Å². The third-order valence-corrected chi connectivity index (χ3v) is 2.91. The predicted octanol–water partition coefficient (Wildman–Crippen LogP) is 2.60. The first-order valence-corrected chi connectivity index (χ1v) is 5.99. The van der Waals surface area contributed by atoms with Crippen LogP contribution in [0.3, 0.4) is 0 Å². The van der Waals surface area contributed by atoms with Crippen molar-refractivity contribution in [1.82, 2.24) is 9.97 Å². The highest BCUT2D eigenvalue weighted by Gasteiger charge is 2.12. The van der Waals surface area contributed by atoms with Crippen LogP contribution in [0.15, 0.2) is 35.4 Å². The first kappa shape index (κ1) is 12.4. The van der Waals surface area contributed by atoms with E-state index in [1.54, 1.807) is 19.4 Å². The first-order chi connectivity index (χ1) is 8.63. The van der Waals surface area contributed by atoms with Gasteiger partial charge in [0.1, 0.15) is 5.69 Å². The zero-order valence-corrected chi connectivity index (χ0v) is 10.8. The molecule has 0 spiro atoms. The number of nitrogens with zero attached hydrogens (tertiary/aromatic N) is 1. The maximum absolute atomic E-state index is 11.8. The van der Waals surface area contributed by atoms with E-state index in [1.807, 2.05) is 18.2 Å². The quantitative estimate of drug-likeness (QED) is 0.871. The van der Waals surface area contributed by atoms with E-state index in [9.17, 15) is 4.79 Å². The van der Waals surface area contributed by atoms with Crippen molar-refractivity contribution < 1.29 is 0 Å². The van der Waals surface area contributed by atoms with E-state index >= 15 is 0 Å². The Kier molecular flexibility index (Phi) is 3.46. The van der Waals surface area contributed by atoms with Crippen molar-refractivity contribution in [3.63, 3.8) is 0 Å². The molecule has 2 aromatic rings. The number of H-pyrrole nitrogens is 1. The summed E-state index contributed by atoms with van der Waals surface area (Å²) < 4.78 is 0. The maximum atomic E-state index is 11.8. The lowest BCUT2D eigenvalue weighted by molar-refractivity contribution is 0.819. The van der Waals surface area contributed by atoms with Crippen molar-refractivity contribution in [3.05, 3.63) is 46.6 Å². The van der Waals surface area contributed by atoms with E-state index in [4.69, 9.17) is 0 Å². The summed E-state index contributed by atoms with van der Waals surface area (Å²) in [6.45, 7) is 4.13. The molecule has 2 heterocycles. The van der Waals surface area contributed by atoms with Crippen LogP contribution in [-0.2, 0) is 0 Å². The molecule has 0 bridgehead atoms. The standard InChI is InChI=1S/C14H17N3O/c1-9(2)13-11(10-4-6-16-7-5-10)8-12(15-3)14(18)17-13/h4-9,15H,1-3H3,(H,17,18). The Hall–Kier alpha value is -2.10. The Morgan fingerprint density at radius 3 is 2.50 bits per heavy atom. The van der Waals surface area contributed by atoms with Crippen molar-refractivity contribution in [2.45, 2.75) is 19.8 Å². The molecule has 2 N–H and O–H groups in total. The van der Waals surface area contributed by atoms with Crippen LogP contribution in [-0.4, -0.2) is 17.0 Å². The molecule has 94 valence electrons. The van der Waals surface area contributed by atoms with Crippen molar-refractivity contribution in [2.24, 2.45) is 0 Å². The maximum Gasteiger partial charge on any atom is 0.271 e. The van der Waals surface area contributed by atoms with E-state index in [1.165, 1.54) is 0 Å². The molecule has 18 heavy (non-hydrogen) atoms. The smallest absolute Gasteiger partial charge is 0.271 e. The molecule has 2 rings (SSSR count). The molecule has 0 aliphatic heterocycles. The summed E-state index contributed by atoms with van der Waals surface area (Å²) in [6.07, 6.45) is 3.51. The Morgan fingerprint density at radius 1 is 1.28 bits per heavy atom. The summed E-state index contributed by atoms with van der Waals surface area (Å²) >= 11 is 0. The van der Waals surface area contributed by atoms with Gasteiger partial charge in [0.05, 0.1) is 0 Å². The van der Waals surface area contributed by atoms with Crippen LogP contribution in [0.5, 0.6) is 0 Å². The van der Waals surface area contributed by atoms with Crippen LogP contribution >= 0.6 is 0 Å².